The Morgan fingerprint density at radius 1 is 1.42 bits per heavy atom. The Kier molecular flexibility index (Phi) is 4.04. The fourth-order valence-corrected chi connectivity index (χ4v) is 1.85. The summed E-state index contributed by atoms with van der Waals surface area (Å²) in [5.41, 5.74) is 1.26. The van der Waals surface area contributed by atoms with Crippen LogP contribution in [0.5, 0.6) is 5.75 Å². The summed E-state index contributed by atoms with van der Waals surface area (Å²) in [6, 6.07) is 4.66. The number of aromatic nitrogens is 2. The van der Waals surface area contributed by atoms with Gasteiger partial charge in [-0.25, -0.2) is 9.37 Å². The fraction of sp³-hybridized carbons (Fsp3) is 0.357. The Bertz CT molecular complexity index is 566. The maximum atomic E-state index is 14.0. The second-order valence-electron chi connectivity index (χ2n) is 4.32. The van der Waals surface area contributed by atoms with Gasteiger partial charge >= 0.3 is 0 Å². The summed E-state index contributed by atoms with van der Waals surface area (Å²) in [6.45, 7) is 4.74. The second kappa shape index (κ2) is 5.73. The normalized spacial score (nSPS) is 10.5. The smallest absolute Gasteiger partial charge is 0.207 e. The first-order chi connectivity index (χ1) is 9.15. The van der Waals surface area contributed by atoms with E-state index in [-0.39, 0.29) is 5.82 Å². The highest BCUT2D eigenvalue weighted by Gasteiger charge is 2.12. The Balaban J connectivity index is 2.45. The van der Waals surface area contributed by atoms with Crippen LogP contribution in [0.2, 0.25) is 0 Å². The number of rotatable bonds is 5. The third-order valence-electron chi connectivity index (χ3n) is 2.77. The molecule has 2 rings (SSSR count). The molecule has 4 nitrogen and oxygen atoms in total. The van der Waals surface area contributed by atoms with Crippen molar-refractivity contribution in [3.63, 3.8) is 0 Å². The zero-order valence-corrected chi connectivity index (χ0v) is 11.4. The number of aryl methyl sites for hydroxylation is 1. The van der Waals surface area contributed by atoms with Crippen molar-refractivity contribution in [3.8, 4) is 11.4 Å². The van der Waals surface area contributed by atoms with E-state index in [0.29, 0.717) is 17.4 Å². The van der Waals surface area contributed by atoms with Crippen LogP contribution in [0.25, 0.3) is 5.69 Å². The van der Waals surface area contributed by atoms with Crippen LogP contribution < -0.4 is 10.1 Å². The Morgan fingerprint density at radius 2 is 2.21 bits per heavy atom. The van der Waals surface area contributed by atoms with Gasteiger partial charge in [0.2, 0.25) is 5.95 Å². The lowest BCUT2D eigenvalue weighted by Gasteiger charge is -2.11. The number of nitrogens with zero attached hydrogens (tertiary/aromatic N) is 2. The zero-order valence-electron chi connectivity index (χ0n) is 11.4. The predicted molar refractivity (Wildman–Crippen MR) is 73.6 cm³/mol. The van der Waals surface area contributed by atoms with Crippen LogP contribution in [0.1, 0.15) is 19.0 Å². The number of halogens is 1. The summed E-state index contributed by atoms with van der Waals surface area (Å²) >= 11 is 0. The number of anilines is 1. The lowest BCUT2D eigenvalue weighted by atomic mass is 10.3. The minimum absolute atomic E-state index is 0.308. The van der Waals surface area contributed by atoms with Gasteiger partial charge in [0.1, 0.15) is 11.6 Å². The molecule has 0 bridgehead atoms. The van der Waals surface area contributed by atoms with E-state index in [2.05, 4.69) is 17.2 Å². The maximum Gasteiger partial charge on any atom is 0.207 e. The summed E-state index contributed by atoms with van der Waals surface area (Å²) < 4.78 is 20.8. The monoisotopic (exact) mass is 263 g/mol. The average molecular weight is 263 g/mol. The van der Waals surface area contributed by atoms with Crippen LogP contribution in [-0.2, 0) is 0 Å². The average Bonchev–Trinajstić information content (AvgIpc) is 2.78. The van der Waals surface area contributed by atoms with E-state index in [1.165, 1.54) is 6.07 Å². The first-order valence-electron chi connectivity index (χ1n) is 6.29. The molecule has 5 heteroatoms. The van der Waals surface area contributed by atoms with Crippen LogP contribution in [0.3, 0.4) is 0 Å². The number of nitrogens with one attached hydrogen (secondary N) is 1. The largest absolute Gasteiger partial charge is 0.497 e. The zero-order chi connectivity index (χ0) is 13.8. The molecule has 0 radical (unpaired) electrons. The molecular weight excluding hydrogens is 245 g/mol. The van der Waals surface area contributed by atoms with Crippen LogP contribution in [0.15, 0.2) is 24.4 Å². The van der Waals surface area contributed by atoms with E-state index in [9.17, 15) is 4.39 Å². The van der Waals surface area contributed by atoms with Gasteiger partial charge in [0.05, 0.1) is 18.5 Å². The van der Waals surface area contributed by atoms with Gasteiger partial charge in [-0.15, -0.1) is 0 Å². The van der Waals surface area contributed by atoms with Crippen molar-refractivity contribution in [2.45, 2.75) is 20.3 Å². The minimum Gasteiger partial charge on any atom is -0.497 e. The van der Waals surface area contributed by atoms with Gasteiger partial charge < -0.3 is 10.1 Å². The second-order valence-corrected chi connectivity index (χ2v) is 4.32. The molecule has 2 aromatic rings. The molecule has 102 valence electrons. The summed E-state index contributed by atoms with van der Waals surface area (Å²) in [4.78, 5) is 4.37. The van der Waals surface area contributed by atoms with E-state index < -0.39 is 0 Å². The Labute approximate surface area is 112 Å². The van der Waals surface area contributed by atoms with Gasteiger partial charge in [0.15, 0.2) is 0 Å². The van der Waals surface area contributed by atoms with E-state index >= 15 is 0 Å². The fourth-order valence-electron chi connectivity index (χ4n) is 1.85. The lowest BCUT2D eigenvalue weighted by molar-refractivity contribution is 0.413. The van der Waals surface area contributed by atoms with Crippen molar-refractivity contribution in [2.75, 3.05) is 19.0 Å². The molecule has 1 aromatic carbocycles. The summed E-state index contributed by atoms with van der Waals surface area (Å²) in [5, 5.41) is 3.19. The van der Waals surface area contributed by atoms with Gasteiger partial charge in [-0.2, -0.15) is 0 Å². The summed E-state index contributed by atoms with van der Waals surface area (Å²) in [7, 11) is 1.56. The van der Waals surface area contributed by atoms with Gasteiger partial charge in [0.25, 0.3) is 0 Å². The molecule has 0 saturated carbocycles. The number of hydrogen-bond donors (Lipinski definition) is 1. The number of hydrogen-bond acceptors (Lipinski definition) is 3. The van der Waals surface area contributed by atoms with Gasteiger partial charge in [-0.1, -0.05) is 6.92 Å². The van der Waals surface area contributed by atoms with Crippen LogP contribution >= 0.6 is 0 Å². The molecule has 0 amide bonds. The van der Waals surface area contributed by atoms with Crippen molar-refractivity contribution >= 4 is 5.95 Å². The van der Waals surface area contributed by atoms with Crippen LogP contribution in [-0.4, -0.2) is 23.2 Å². The van der Waals surface area contributed by atoms with E-state index in [4.69, 9.17) is 4.74 Å². The van der Waals surface area contributed by atoms with E-state index in [1.807, 2.05) is 6.92 Å². The third kappa shape index (κ3) is 2.86. The maximum absolute atomic E-state index is 14.0. The van der Waals surface area contributed by atoms with E-state index in [1.54, 1.807) is 30.0 Å². The lowest BCUT2D eigenvalue weighted by Crippen LogP contribution is -2.07. The Hall–Kier alpha value is -2.04. The van der Waals surface area contributed by atoms with Gasteiger partial charge in [0, 0.05) is 18.8 Å². The molecule has 0 atom stereocenters. The summed E-state index contributed by atoms with van der Waals surface area (Å²) in [6.07, 6.45) is 2.78. The molecule has 0 spiro atoms. The molecule has 1 N–H and O–H groups in total. The number of ether oxygens (including phenoxy) is 1. The van der Waals surface area contributed by atoms with Crippen molar-refractivity contribution in [1.29, 1.82) is 0 Å². The first-order valence-corrected chi connectivity index (χ1v) is 6.29. The standard InChI is InChI=1S/C14H18FN3O/c1-4-7-16-14-17-10(2)9-18(14)13-8-11(19-3)5-6-12(13)15/h5-6,8-9H,4,7H2,1-3H3,(H,16,17). The highest BCUT2D eigenvalue weighted by atomic mass is 19.1. The molecule has 0 fully saturated rings. The van der Waals surface area contributed by atoms with Crippen molar-refractivity contribution in [1.82, 2.24) is 9.55 Å². The van der Waals surface area contributed by atoms with Crippen LogP contribution in [0.4, 0.5) is 10.3 Å². The molecule has 1 heterocycles. The van der Waals surface area contributed by atoms with Crippen molar-refractivity contribution < 1.29 is 9.13 Å². The highest BCUT2D eigenvalue weighted by Crippen LogP contribution is 2.24. The highest BCUT2D eigenvalue weighted by molar-refractivity contribution is 5.47. The number of imidazole rings is 1. The Morgan fingerprint density at radius 3 is 2.89 bits per heavy atom. The van der Waals surface area contributed by atoms with Crippen molar-refractivity contribution in [2.24, 2.45) is 0 Å². The van der Waals surface area contributed by atoms with Crippen LogP contribution in [0, 0.1) is 12.7 Å². The van der Waals surface area contributed by atoms with E-state index in [0.717, 1.165) is 18.7 Å². The molecule has 0 saturated heterocycles. The van der Waals surface area contributed by atoms with Gasteiger partial charge in [-0.05, 0) is 25.5 Å². The molecule has 0 aliphatic carbocycles. The third-order valence-corrected chi connectivity index (χ3v) is 2.77. The molecule has 0 aliphatic rings. The SMILES string of the molecule is CCCNc1nc(C)cn1-c1cc(OC)ccc1F. The molecule has 1 aromatic heterocycles. The topological polar surface area (TPSA) is 39.1 Å². The molecule has 19 heavy (non-hydrogen) atoms. The van der Waals surface area contributed by atoms with Gasteiger partial charge in [-0.3, -0.25) is 4.57 Å². The molecular formula is C14H18FN3O. The summed E-state index contributed by atoms with van der Waals surface area (Å²) in [5.74, 6) is 0.952. The number of benzene rings is 1. The molecule has 0 unspecified atom stereocenters. The molecule has 0 aliphatic heterocycles. The minimum atomic E-state index is -0.308. The first kappa shape index (κ1) is 13.4. The van der Waals surface area contributed by atoms with Crippen molar-refractivity contribution in [3.05, 3.63) is 35.9 Å². The quantitative estimate of drug-likeness (QED) is 0.900. The number of methoxy groups -OCH3 is 1. The predicted octanol–water partition coefficient (Wildman–Crippen LogP) is 3.15.